The van der Waals surface area contributed by atoms with Crippen molar-refractivity contribution in [3.63, 3.8) is 0 Å². The number of fused-ring (bicyclic) bond motifs is 1. The van der Waals surface area contributed by atoms with Crippen molar-refractivity contribution in [3.8, 4) is 0 Å². The van der Waals surface area contributed by atoms with E-state index in [2.05, 4.69) is 26.7 Å². The van der Waals surface area contributed by atoms with Crippen LogP contribution in [0, 0.1) is 0 Å². The summed E-state index contributed by atoms with van der Waals surface area (Å²) < 4.78 is 0. The van der Waals surface area contributed by atoms with E-state index in [-0.39, 0.29) is 0 Å². The molecule has 0 aliphatic heterocycles. The number of hydrogen-bond donors (Lipinski definition) is 2. The lowest BCUT2D eigenvalue weighted by atomic mass is 10.0. The molecule has 2 aromatic carbocycles. The molecule has 3 N–H and O–H groups in total. The number of H-pyrrole nitrogens is 1. The number of nitrogens with two attached hydrogens (primary N) is 1. The molecule has 3 rings (SSSR count). The van der Waals surface area contributed by atoms with Crippen molar-refractivity contribution in [1.82, 2.24) is 9.97 Å². The third-order valence-electron chi connectivity index (χ3n) is 3.41. The van der Waals surface area contributed by atoms with E-state index in [0.717, 1.165) is 22.2 Å². The lowest BCUT2D eigenvalue weighted by molar-refractivity contribution is 1.34. The summed E-state index contributed by atoms with van der Waals surface area (Å²) in [5.74, 6) is 0.464. The van der Waals surface area contributed by atoms with Gasteiger partial charge in [0.1, 0.15) is 0 Å². The van der Waals surface area contributed by atoms with Gasteiger partial charge >= 0.3 is 0 Å². The van der Waals surface area contributed by atoms with Gasteiger partial charge in [0.2, 0.25) is 0 Å². The second-order valence-corrected chi connectivity index (χ2v) is 5.11. The molecular formula is C18H17N5. The summed E-state index contributed by atoms with van der Waals surface area (Å²) in [7, 11) is 0. The van der Waals surface area contributed by atoms with Crippen LogP contribution in [0.2, 0.25) is 0 Å². The highest BCUT2D eigenvalue weighted by Gasteiger charge is 2.11. The molecule has 0 radical (unpaired) electrons. The van der Waals surface area contributed by atoms with Crippen molar-refractivity contribution in [3.05, 3.63) is 66.0 Å². The molecule has 23 heavy (non-hydrogen) atoms. The summed E-state index contributed by atoms with van der Waals surface area (Å²) in [6.07, 6.45) is 1.67. The molecule has 114 valence electrons. The summed E-state index contributed by atoms with van der Waals surface area (Å²) >= 11 is 0. The van der Waals surface area contributed by atoms with Crippen molar-refractivity contribution < 1.29 is 0 Å². The number of imidazole rings is 1. The molecule has 0 aliphatic rings. The first kappa shape index (κ1) is 14.7. The number of nitrogens with zero attached hydrogens (tertiary/aromatic N) is 3. The van der Waals surface area contributed by atoms with Crippen molar-refractivity contribution in [2.45, 2.75) is 6.92 Å². The summed E-state index contributed by atoms with van der Waals surface area (Å²) in [6, 6.07) is 15.7. The van der Waals surface area contributed by atoms with Crippen LogP contribution < -0.4 is 5.73 Å². The zero-order valence-corrected chi connectivity index (χ0v) is 12.8. The fourth-order valence-electron chi connectivity index (χ4n) is 2.41. The molecular weight excluding hydrogens is 286 g/mol. The predicted molar refractivity (Wildman–Crippen MR) is 96.2 cm³/mol. The van der Waals surface area contributed by atoms with Crippen molar-refractivity contribution in [2.24, 2.45) is 15.7 Å². The quantitative estimate of drug-likeness (QED) is 0.440. The fraction of sp³-hybridized carbons (Fsp3) is 0.0556. The topological polar surface area (TPSA) is 79.4 Å². The van der Waals surface area contributed by atoms with E-state index in [1.54, 1.807) is 13.3 Å². The van der Waals surface area contributed by atoms with Crippen LogP contribution in [0.4, 0.5) is 0 Å². The third kappa shape index (κ3) is 3.03. The summed E-state index contributed by atoms with van der Waals surface area (Å²) in [6.45, 7) is 5.46. The van der Waals surface area contributed by atoms with E-state index >= 15 is 0 Å². The maximum absolute atomic E-state index is 5.81. The third-order valence-corrected chi connectivity index (χ3v) is 3.41. The molecule has 0 unspecified atom stereocenters. The Morgan fingerprint density at radius 2 is 1.87 bits per heavy atom. The molecule has 0 bridgehead atoms. The van der Waals surface area contributed by atoms with Crippen molar-refractivity contribution in [2.75, 3.05) is 0 Å². The number of benzene rings is 2. The van der Waals surface area contributed by atoms with Crippen LogP contribution >= 0.6 is 0 Å². The Morgan fingerprint density at radius 3 is 2.57 bits per heavy atom. The Labute approximate surface area is 134 Å². The Morgan fingerprint density at radius 1 is 1.09 bits per heavy atom. The van der Waals surface area contributed by atoms with Gasteiger partial charge in [0.25, 0.3) is 0 Å². The second-order valence-electron chi connectivity index (χ2n) is 5.11. The van der Waals surface area contributed by atoms with E-state index in [9.17, 15) is 0 Å². The molecule has 0 saturated carbocycles. The standard InChI is InChI=1S/C18H17N5/c1-12(19)23-18(13-6-4-3-5-7-13)17(20-2)14-8-9-15-16(10-14)22-11-21-15/h3-11H,2H2,1H3,(H2,19,23)(H,21,22)/b18-17-. The van der Waals surface area contributed by atoms with Crippen LogP contribution in [0.25, 0.3) is 22.4 Å². The van der Waals surface area contributed by atoms with Gasteiger partial charge < -0.3 is 10.7 Å². The van der Waals surface area contributed by atoms with Gasteiger partial charge in [-0.2, -0.15) is 0 Å². The second kappa shape index (κ2) is 6.27. The maximum atomic E-state index is 5.81. The number of rotatable bonds is 4. The Bertz CT molecular complexity index is 899. The molecule has 1 aromatic heterocycles. The zero-order valence-electron chi connectivity index (χ0n) is 12.8. The molecule has 0 atom stereocenters. The normalized spacial score (nSPS) is 13.0. The van der Waals surface area contributed by atoms with Crippen LogP contribution in [0.3, 0.4) is 0 Å². The summed E-state index contributed by atoms with van der Waals surface area (Å²) in [5, 5.41) is 0. The number of nitrogens with one attached hydrogen (secondary N) is 1. The van der Waals surface area contributed by atoms with Gasteiger partial charge in [0, 0.05) is 11.1 Å². The highest BCUT2D eigenvalue weighted by molar-refractivity contribution is 5.97. The molecule has 0 saturated heterocycles. The molecule has 0 spiro atoms. The Hall–Kier alpha value is -3.21. The maximum Gasteiger partial charge on any atom is 0.0985 e. The Kier molecular flexibility index (Phi) is 4.01. The van der Waals surface area contributed by atoms with Gasteiger partial charge in [-0.1, -0.05) is 36.4 Å². The van der Waals surface area contributed by atoms with Crippen LogP contribution in [0.1, 0.15) is 18.1 Å². The first-order valence-corrected chi connectivity index (χ1v) is 7.19. The predicted octanol–water partition coefficient (Wildman–Crippen LogP) is 3.47. The summed E-state index contributed by atoms with van der Waals surface area (Å²) in [5.41, 5.74) is 10.8. The van der Waals surface area contributed by atoms with Gasteiger partial charge in [0.15, 0.2) is 0 Å². The minimum Gasteiger partial charge on any atom is -0.387 e. The van der Waals surface area contributed by atoms with Gasteiger partial charge in [-0.3, -0.25) is 4.99 Å². The van der Waals surface area contributed by atoms with Gasteiger partial charge in [-0.25, -0.2) is 9.98 Å². The lowest BCUT2D eigenvalue weighted by Crippen LogP contribution is -2.06. The minimum absolute atomic E-state index is 0.464. The molecule has 0 aliphatic carbocycles. The van der Waals surface area contributed by atoms with Gasteiger partial charge in [0.05, 0.1) is 34.6 Å². The molecule has 5 nitrogen and oxygen atoms in total. The number of aromatic nitrogens is 2. The van der Waals surface area contributed by atoms with Crippen LogP contribution in [-0.2, 0) is 0 Å². The minimum atomic E-state index is 0.464. The van der Waals surface area contributed by atoms with E-state index in [1.807, 2.05) is 48.5 Å². The molecule has 0 amide bonds. The number of hydrogen-bond acceptors (Lipinski definition) is 3. The van der Waals surface area contributed by atoms with Crippen LogP contribution in [0.5, 0.6) is 0 Å². The highest BCUT2D eigenvalue weighted by atomic mass is 14.9. The fourth-order valence-corrected chi connectivity index (χ4v) is 2.41. The highest BCUT2D eigenvalue weighted by Crippen LogP contribution is 2.29. The van der Waals surface area contributed by atoms with E-state index in [4.69, 9.17) is 5.73 Å². The molecule has 5 heteroatoms. The molecule has 0 fully saturated rings. The van der Waals surface area contributed by atoms with Crippen LogP contribution in [0.15, 0.2) is 64.8 Å². The number of aromatic amines is 1. The monoisotopic (exact) mass is 303 g/mol. The van der Waals surface area contributed by atoms with Crippen molar-refractivity contribution in [1.29, 1.82) is 0 Å². The first-order valence-electron chi connectivity index (χ1n) is 7.19. The Balaban J connectivity index is 2.25. The van der Waals surface area contributed by atoms with Crippen LogP contribution in [-0.4, -0.2) is 22.5 Å². The molecule has 3 aromatic rings. The lowest BCUT2D eigenvalue weighted by Gasteiger charge is -2.09. The smallest absolute Gasteiger partial charge is 0.0985 e. The largest absolute Gasteiger partial charge is 0.387 e. The molecule has 1 heterocycles. The number of amidine groups is 1. The van der Waals surface area contributed by atoms with Crippen molar-refractivity contribution >= 4 is 35.0 Å². The van der Waals surface area contributed by atoms with E-state index in [1.165, 1.54) is 0 Å². The van der Waals surface area contributed by atoms with Gasteiger partial charge in [-0.15, -0.1) is 0 Å². The average molecular weight is 303 g/mol. The number of aliphatic imine (C=N–C) groups is 2. The van der Waals surface area contributed by atoms with E-state index in [0.29, 0.717) is 17.2 Å². The first-order chi connectivity index (χ1) is 11.2. The summed E-state index contributed by atoms with van der Waals surface area (Å²) in [4.78, 5) is 16.0. The average Bonchev–Trinajstić information content (AvgIpc) is 3.03. The zero-order chi connectivity index (χ0) is 16.2. The van der Waals surface area contributed by atoms with E-state index < -0.39 is 0 Å². The SMILES string of the molecule is C=N/C(=C(\N=C(/C)N)c1ccccc1)c1ccc2[nH]cnc2c1. The van der Waals surface area contributed by atoms with Gasteiger partial charge in [-0.05, 0) is 25.8 Å².